The molecule has 1 atom stereocenters. The highest BCUT2D eigenvalue weighted by Crippen LogP contribution is 2.38. The smallest absolute Gasteiger partial charge is 0.268 e. The number of carbonyl (C=O) groups is 1. The number of amides is 1. The van der Waals surface area contributed by atoms with Gasteiger partial charge in [0, 0.05) is 6.07 Å². The van der Waals surface area contributed by atoms with Gasteiger partial charge in [-0.2, -0.15) is 0 Å². The van der Waals surface area contributed by atoms with E-state index in [4.69, 9.17) is 4.74 Å². The van der Waals surface area contributed by atoms with E-state index in [0.29, 0.717) is 24.4 Å². The molecular formula is C17H17NO3. The quantitative estimate of drug-likeness (QED) is 0.941. The summed E-state index contributed by atoms with van der Waals surface area (Å²) < 4.78 is 5.71. The fourth-order valence-corrected chi connectivity index (χ4v) is 2.50. The zero-order chi connectivity index (χ0) is 14.8. The molecule has 1 N–H and O–H groups in total. The fourth-order valence-electron chi connectivity index (χ4n) is 2.50. The van der Waals surface area contributed by atoms with Crippen molar-refractivity contribution in [2.24, 2.45) is 0 Å². The summed E-state index contributed by atoms with van der Waals surface area (Å²) in [5.41, 5.74) is 1.66. The first kappa shape index (κ1) is 13.5. The van der Waals surface area contributed by atoms with Crippen molar-refractivity contribution in [3.63, 3.8) is 0 Å². The van der Waals surface area contributed by atoms with Gasteiger partial charge in [-0.3, -0.25) is 4.79 Å². The van der Waals surface area contributed by atoms with Gasteiger partial charge >= 0.3 is 0 Å². The lowest BCUT2D eigenvalue weighted by Gasteiger charge is -2.34. The second kappa shape index (κ2) is 5.48. The van der Waals surface area contributed by atoms with Crippen LogP contribution in [0.2, 0.25) is 0 Å². The Hall–Kier alpha value is -2.49. The highest BCUT2D eigenvalue weighted by atomic mass is 16.5. The second-order valence-corrected chi connectivity index (χ2v) is 5.08. The average molecular weight is 283 g/mol. The van der Waals surface area contributed by atoms with Gasteiger partial charge < -0.3 is 14.7 Å². The van der Waals surface area contributed by atoms with Crippen LogP contribution < -0.4 is 9.64 Å². The summed E-state index contributed by atoms with van der Waals surface area (Å²) in [6, 6.07) is 14.6. The molecule has 1 amide bonds. The number of hydrogen-bond donors (Lipinski definition) is 1. The third-order valence-electron chi connectivity index (χ3n) is 3.60. The van der Waals surface area contributed by atoms with Crippen molar-refractivity contribution in [1.82, 2.24) is 0 Å². The number of fused-ring (bicyclic) bond motifs is 1. The predicted molar refractivity (Wildman–Crippen MR) is 80.4 cm³/mol. The van der Waals surface area contributed by atoms with Crippen LogP contribution in [0.4, 0.5) is 5.69 Å². The Morgan fingerprint density at radius 3 is 2.67 bits per heavy atom. The van der Waals surface area contributed by atoms with Crippen molar-refractivity contribution in [1.29, 1.82) is 0 Å². The summed E-state index contributed by atoms with van der Waals surface area (Å²) in [6.07, 6.45) is 0.149. The molecule has 108 valence electrons. The van der Waals surface area contributed by atoms with E-state index in [1.807, 2.05) is 37.3 Å². The summed E-state index contributed by atoms with van der Waals surface area (Å²) >= 11 is 0. The molecule has 0 spiro atoms. The Kier molecular flexibility index (Phi) is 3.52. The molecule has 1 aliphatic rings. The molecule has 0 radical (unpaired) electrons. The molecule has 0 bridgehead atoms. The first-order valence-electron chi connectivity index (χ1n) is 7.04. The number of nitrogens with zero attached hydrogens (tertiary/aromatic N) is 1. The van der Waals surface area contributed by atoms with E-state index < -0.39 is 6.10 Å². The monoisotopic (exact) mass is 283 g/mol. The molecule has 3 rings (SSSR count). The fraction of sp³-hybridized carbons (Fsp3) is 0.235. The van der Waals surface area contributed by atoms with Gasteiger partial charge in [0.2, 0.25) is 0 Å². The largest absolute Gasteiger partial charge is 0.508 e. The van der Waals surface area contributed by atoms with Crippen LogP contribution in [-0.2, 0) is 11.3 Å². The number of aromatic hydroxyl groups is 1. The number of carbonyl (C=O) groups excluding carboxylic acids is 1. The molecule has 21 heavy (non-hydrogen) atoms. The number of rotatable bonds is 3. The van der Waals surface area contributed by atoms with Gasteiger partial charge in [-0.25, -0.2) is 0 Å². The van der Waals surface area contributed by atoms with Crippen molar-refractivity contribution in [3.8, 4) is 11.5 Å². The van der Waals surface area contributed by atoms with E-state index in [0.717, 1.165) is 5.56 Å². The van der Waals surface area contributed by atoms with Crippen LogP contribution in [-0.4, -0.2) is 17.1 Å². The van der Waals surface area contributed by atoms with Crippen molar-refractivity contribution in [3.05, 3.63) is 54.1 Å². The lowest BCUT2D eigenvalue weighted by Crippen LogP contribution is -2.45. The molecule has 2 aromatic rings. The van der Waals surface area contributed by atoms with Crippen LogP contribution in [0.3, 0.4) is 0 Å². The maximum atomic E-state index is 12.6. The number of benzene rings is 2. The van der Waals surface area contributed by atoms with Crippen molar-refractivity contribution in [2.75, 3.05) is 4.90 Å². The van der Waals surface area contributed by atoms with Crippen LogP contribution in [0.1, 0.15) is 18.9 Å². The highest BCUT2D eigenvalue weighted by Gasteiger charge is 2.33. The van der Waals surface area contributed by atoms with E-state index in [1.54, 1.807) is 23.1 Å². The summed E-state index contributed by atoms with van der Waals surface area (Å²) in [5, 5.41) is 9.69. The maximum Gasteiger partial charge on any atom is 0.268 e. The van der Waals surface area contributed by atoms with E-state index in [9.17, 15) is 9.90 Å². The Balaban J connectivity index is 2.00. The normalized spacial score (nSPS) is 17.3. The molecule has 0 fully saturated rings. The van der Waals surface area contributed by atoms with Gasteiger partial charge in [-0.1, -0.05) is 37.3 Å². The lowest BCUT2D eigenvalue weighted by molar-refractivity contribution is -0.126. The Morgan fingerprint density at radius 2 is 1.95 bits per heavy atom. The van der Waals surface area contributed by atoms with Crippen LogP contribution in [0.15, 0.2) is 48.5 Å². The number of ether oxygens (including phenoxy) is 1. The first-order chi connectivity index (χ1) is 10.2. The summed E-state index contributed by atoms with van der Waals surface area (Å²) in [6.45, 7) is 2.39. The number of phenolic OH excluding ortho intramolecular Hbond substituents is 1. The number of phenols is 1. The van der Waals surface area contributed by atoms with Gasteiger partial charge in [0.1, 0.15) is 11.5 Å². The SMILES string of the molecule is CCC1Oc2ccc(O)cc2N(Cc2ccccc2)C1=O. The minimum Gasteiger partial charge on any atom is -0.508 e. The molecule has 0 aromatic heterocycles. The zero-order valence-corrected chi connectivity index (χ0v) is 11.8. The van der Waals surface area contributed by atoms with Gasteiger partial charge in [0.15, 0.2) is 6.10 Å². The van der Waals surface area contributed by atoms with Crippen molar-refractivity contribution < 1.29 is 14.6 Å². The second-order valence-electron chi connectivity index (χ2n) is 5.08. The van der Waals surface area contributed by atoms with Crippen molar-refractivity contribution in [2.45, 2.75) is 26.0 Å². The van der Waals surface area contributed by atoms with Crippen LogP contribution in [0.5, 0.6) is 11.5 Å². The zero-order valence-electron chi connectivity index (χ0n) is 11.8. The van der Waals surface area contributed by atoms with E-state index in [2.05, 4.69) is 0 Å². The molecule has 1 aliphatic heterocycles. The molecule has 2 aromatic carbocycles. The first-order valence-corrected chi connectivity index (χ1v) is 7.04. The molecule has 0 saturated heterocycles. The molecular weight excluding hydrogens is 266 g/mol. The average Bonchev–Trinajstić information content (AvgIpc) is 2.51. The summed E-state index contributed by atoms with van der Waals surface area (Å²) in [5.74, 6) is 0.688. The molecule has 1 unspecified atom stereocenters. The van der Waals surface area contributed by atoms with E-state index >= 15 is 0 Å². The number of hydrogen-bond acceptors (Lipinski definition) is 3. The Bertz CT molecular complexity index is 654. The Labute approximate surface area is 123 Å². The number of anilines is 1. The van der Waals surface area contributed by atoms with Gasteiger partial charge in [0.25, 0.3) is 5.91 Å². The predicted octanol–water partition coefficient (Wildman–Crippen LogP) is 3.10. The molecule has 0 aliphatic carbocycles. The molecule has 1 heterocycles. The molecule has 4 heteroatoms. The van der Waals surface area contributed by atoms with Gasteiger partial charge in [-0.05, 0) is 24.1 Å². The minimum atomic E-state index is -0.467. The Morgan fingerprint density at radius 1 is 1.19 bits per heavy atom. The van der Waals surface area contributed by atoms with E-state index in [1.165, 1.54) is 0 Å². The molecule has 0 saturated carbocycles. The third kappa shape index (κ3) is 2.57. The van der Waals surface area contributed by atoms with Crippen LogP contribution >= 0.6 is 0 Å². The maximum absolute atomic E-state index is 12.6. The van der Waals surface area contributed by atoms with Gasteiger partial charge in [-0.15, -0.1) is 0 Å². The van der Waals surface area contributed by atoms with Gasteiger partial charge in [0.05, 0.1) is 12.2 Å². The van der Waals surface area contributed by atoms with Crippen LogP contribution in [0, 0.1) is 0 Å². The molecule has 4 nitrogen and oxygen atoms in total. The minimum absolute atomic E-state index is 0.0700. The highest BCUT2D eigenvalue weighted by molar-refractivity contribution is 6.00. The third-order valence-corrected chi connectivity index (χ3v) is 3.60. The van der Waals surface area contributed by atoms with E-state index in [-0.39, 0.29) is 11.7 Å². The van der Waals surface area contributed by atoms with Crippen LogP contribution in [0.25, 0.3) is 0 Å². The van der Waals surface area contributed by atoms with Crippen molar-refractivity contribution >= 4 is 11.6 Å². The lowest BCUT2D eigenvalue weighted by atomic mass is 10.1. The topological polar surface area (TPSA) is 49.8 Å². The summed E-state index contributed by atoms with van der Waals surface area (Å²) in [4.78, 5) is 14.2. The summed E-state index contributed by atoms with van der Waals surface area (Å²) in [7, 11) is 0. The standard InChI is InChI=1S/C17H17NO3/c1-2-15-17(20)18(11-12-6-4-3-5-7-12)14-10-13(19)8-9-16(14)21-15/h3-10,15,19H,2,11H2,1H3.